The second-order valence-electron chi connectivity index (χ2n) is 5.49. The van der Waals surface area contributed by atoms with Gasteiger partial charge in [-0.05, 0) is 31.1 Å². The Morgan fingerprint density at radius 1 is 1.14 bits per heavy atom. The minimum Gasteiger partial charge on any atom is -0.383 e. The quantitative estimate of drug-likeness (QED) is 0.649. The summed E-state index contributed by atoms with van der Waals surface area (Å²) in [6.07, 6.45) is 6.07. The molecule has 1 saturated heterocycles. The molecule has 0 aromatic rings. The summed E-state index contributed by atoms with van der Waals surface area (Å²) in [7, 11) is 0. The normalized spacial score (nSPS) is 50.1. The van der Waals surface area contributed by atoms with E-state index in [0.29, 0.717) is 19.1 Å². The monoisotopic (exact) mass is 197 g/mol. The fourth-order valence-electron chi connectivity index (χ4n) is 3.66. The third-order valence-electron chi connectivity index (χ3n) is 4.75. The van der Waals surface area contributed by atoms with E-state index in [1.807, 2.05) is 0 Å². The predicted octanol–water partition coefficient (Wildman–Crippen LogP) is 0.655. The summed E-state index contributed by atoms with van der Waals surface area (Å²) in [4.78, 5) is 0. The van der Waals surface area contributed by atoms with Crippen LogP contribution in [-0.2, 0) is 4.74 Å². The molecular weight excluding hydrogens is 178 g/mol. The Morgan fingerprint density at radius 2 is 1.79 bits per heavy atom. The van der Waals surface area contributed by atoms with Crippen molar-refractivity contribution in [2.75, 3.05) is 13.2 Å². The standard InChI is InChI=1S/C11H19NO2/c12-11(10(13)6-14-7-10)5-8-1-3-9(11)4-2-8/h8-9,13H,1-7,12H2. The average molecular weight is 197 g/mol. The topological polar surface area (TPSA) is 55.5 Å². The Hall–Kier alpha value is -0.120. The van der Waals surface area contributed by atoms with E-state index in [9.17, 15) is 5.11 Å². The Kier molecular flexibility index (Phi) is 1.77. The van der Waals surface area contributed by atoms with Crippen LogP contribution in [0.15, 0.2) is 0 Å². The summed E-state index contributed by atoms with van der Waals surface area (Å²) in [5.74, 6) is 1.29. The number of fused-ring (bicyclic) bond motifs is 3. The van der Waals surface area contributed by atoms with Gasteiger partial charge in [-0.2, -0.15) is 0 Å². The molecule has 3 nitrogen and oxygen atoms in total. The van der Waals surface area contributed by atoms with Gasteiger partial charge in [0, 0.05) is 0 Å². The number of ether oxygens (including phenoxy) is 1. The van der Waals surface area contributed by atoms with Crippen molar-refractivity contribution in [3.8, 4) is 0 Å². The lowest BCUT2D eigenvalue weighted by Gasteiger charge is -2.59. The van der Waals surface area contributed by atoms with Crippen LogP contribution in [0, 0.1) is 11.8 Å². The van der Waals surface area contributed by atoms with Crippen molar-refractivity contribution in [2.45, 2.75) is 43.2 Å². The van der Waals surface area contributed by atoms with Gasteiger partial charge in [0.05, 0.1) is 18.8 Å². The highest BCUT2D eigenvalue weighted by atomic mass is 16.5. The Morgan fingerprint density at radius 3 is 2.14 bits per heavy atom. The van der Waals surface area contributed by atoms with Gasteiger partial charge in [-0.15, -0.1) is 0 Å². The van der Waals surface area contributed by atoms with E-state index >= 15 is 0 Å². The zero-order valence-corrected chi connectivity index (χ0v) is 8.54. The first-order valence-corrected chi connectivity index (χ1v) is 5.73. The molecule has 3 N–H and O–H groups in total. The molecule has 3 heteroatoms. The third-order valence-corrected chi connectivity index (χ3v) is 4.75. The first kappa shape index (κ1) is 9.13. The molecule has 4 rings (SSSR count). The Balaban J connectivity index is 1.88. The van der Waals surface area contributed by atoms with Gasteiger partial charge in [-0.3, -0.25) is 0 Å². The van der Waals surface area contributed by atoms with Crippen molar-refractivity contribution in [2.24, 2.45) is 17.6 Å². The Bertz CT molecular complexity index is 244. The van der Waals surface area contributed by atoms with Gasteiger partial charge in [0.15, 0.2) is 0 Å². The lowest BCUT2D eigenvalue weighted by molar-refractivity contribution is -0.239. The van der Waals surface area contributed by atoms with Gasteiger partial charge in [0.2, 0.25) is 0 Å². The molecule has 1 aliphatic heterocycles. The maximum Gasteiger partial charge on any atom is 0.129 e. The van der Waals surface area contributed by atoms with Crippen molar-refractivity contribution < 1.29 is 9.84 Å². The zero-order chi connectivity index (χ0) is 9.81. The van der Waals surface area contributed by atoms with E-state index < -0.39 is 5.60 Å². The molecule has 3 aliphatic carbocycles. The molecule has 0 amide bonds. The van der Waals surface area contributed by atoms with E-state index in [2.05, 4.69) is 0 Å². The van der Waals surface area contributed by atoms with Crippen LogP contribution in [0.4, 0.5) is 0 Å². The summed E-state index contributed by atoms with van der Waals surface area (Å²) in [6, 6.07) is 0. The van der Waals surface area contributed by atoms with Crippen LogP contribution in [0.5, 0.6) is 0 Å². The van der Waals surface area contributed by atoms with E-state index in [-0.39, 0.29) is 5.54 Å². The van der Waals surface area contributed by atoms with Crippen LogP contribution in [-0.4, -0.2) is 29.5 Å². The fourth-order valence-corrected chi connectivity index (χ4v) is 3.66. The molecule has 14 heavy (non-hydrogen) atoms. The summed E-state index contributed by atoms with van der Waals surface area (Å²) < 4.78 is 5.13. The molecular formula is C11H19NO2. The van der Waals surface area contributed by atoms with Crippen molar-refractivity contribution in [1.82, 2.24) is 0 Å². The van der Waals surface area contributed by atoms with Crippen molar-refractivity contribution in [3.05, 3.63) is 0 Å². The minimum atomic E-state index is -0.712. The molecule has 1 heterocycles. The average Bonchev–Trinajstić information content (AvgIpc) is 2.15. The first-order chi connectivity index (χ1) is 6.64. The van der Waals surface area contributed by atoms with Crippen LogP contribution in [0.2, 0.25) is 0 Å². The lowest BCUT2D eigenvalue weighted by atomic mass is 9.54. The van der Waals surface area contributed by atoms with Crippen LogP contribution in [0.25, 0.3) is 0 Å². The molecule has 2 bridgehead atoms. The highest BCUT2D eigenvalue weighted by Gasteiger charge is 2.60. The maximum absolute atomic E-state index is 10.4. The number of hydrogen-bond acceptors (Lipinski definition) is 3. The molecule has 4 fully saturated rings. The summed E-state index contributed by atoms with van der Waals surface area (Å²) in [5.41, 5.74) is 5.40. The van der Waals surface area contributed by atoms with Crippen molar-refractivity contribution in [1.29, 1.82) is 0 Å². The lowest BCUT2D eigenvalue weighted by Crippen LogP contribution is -2.75. The zero-order valence-electron chi connectivity index (χ0n) is 8.54. The van der Waals surface area contributed by atoms with Gasteiger partial charge in [-0.25, -0.2) is 0 Å². The van der Waals surface area contributed by atoms with Crippen LogP contribution in [0.1, 0.15) is 32.1 Å². The number of hydrogen-bond donors (Lipinski definition) is 2. The number of aliphatic hydroxyl groups is 1. The molecule has 0 aromatic heterocycles. The van der Waals surface area contributed by atoms with E-state index in [4.69, 9.17) is 10.5 Å². The summed E-state index contributed by atoms with van der Waals surface area (Å²) in [5, 5.41) is 10.4. The van der Waals surface area contributed by atoms with E-state index in [1.54, 1.807) is 0 Å². The van der Waals surface area contributed by atoms with E-state index in [0.717, 1.165) is 12.3 Å². The second kappa shape index (κ2) is 2.71. The summed E-state index contributed by atoms with van der Waals surface area (Å²) in [6.45, 7) is 0.902. The van der Waals surface area contributed by atoms with Gasteiger partial charge in [-0.1, -0.05) is 12.8 Å². The predicted molar refractivity (Wildman–Crippen MR) is 52.8 cm³/mol. The van der Waals surface area contributed by atoms with Crippen molar-refractivity contribution >= 4 is 0 Å². The third kappa shape index (κ3) is 0.980. The van der Waals surface area contributed by atoms with Crippen LogP contribution in [0.3, 0.4) is 0 Å². The maximum atomic E-state index is 10.4. The smallest absolute Gasteiger partial charge is 0.129 e. The van der Waals surface area contributed by atoms with Gasteiger partial charge >= 0.3 is 0 Å². The fraction of sp³-hybridized carbons (Fsp3) is 1.00. The van der Waals surface area contributed by atoms with Crippen LogP contribution < -0.4 is 5.73 Å². The highest BCUT2D eigenvalue weighted by molar-refractivity contribution is 5.14. The molecule has 0 aromatic carbocycles. The number of nitrogens with two attached hydrogens (primary N) is 1. The van der Waals surface area contributed by atoms with Gasteiger partial charge in [0.25, 0.3) is 0 Å². The molecule has 0 spiro atoms. The van der Waals surface area contributed by atoms with Crippen LogP contribution >= 0.6 is 0 Å². The molecule has 3 saturated carbocycles. The molecule has 1 atom stereocenters. The van der Waals surface area contributed by atoms with Gasteiger partial charge in [0.1, 0.15) is 5.60 Å². The molecule has 0 radical (unpaired) electrons. The Labute approximate surface area is 84.6 Å². The summed E-state index contributed by atoms with van der Waals surface area (Å²) >= 11 is 0. The molecule has 1 unspecified atom stereocenters. The number of rotatable bonds is 1. The second-order valence-corrected chi connectivity index (χ2v) is 5.49. The van der Waals surface area contributed by atoms with Crippen molar-refractivity contribution in [3.63, 3.8) is 0 Å². The molecule has 80 valence electrons. The largest absolute Gasteiger partial charge is 0.383 e. The first-order valence-electron chi connectivity index (χ1n) is 5.73. The van der Waals surface area contributed by atoms with E-state index in [1.165, 1.54) is 25.7 Å². The minimum absolute atomic E-state index is 0.341. The molecule has 4 aliphatic rings. The SMILES string of the molecule is NC1(C2(O)COC2)CC2CCC1CC2. The van der Waals surface area contributed by atoms with Gasteiger partial charge < -0.3 is 15.6 Å². The highest BCUT2D eigenvalue weighted by Crippen LogP contribution is 2.51.